The standard InChI is InChI=1S/C24H20N2O6/c1-2-11-25-21(16-9-10-19(27)18(13-16)26(31)32)20(23(29)24(25)30)22(28)17-8-7-14-5-3-4-6-15(14)12-17/h3-10,12-13,21,27-28H,2,11H2,1H3/b22-20+. The molecule has 162 valence electrons. The molecule has 3 aromatic rings. The number of aliphatic hydroxyl groups is 1. The van der Waals surface area contributed by atoms with Crippen LogP contribution in [0.5, 0.6) is 5.75 Å². The number of hydrogen-bond acceptors (Lipinski definition) is 6. The molecule has 8 nitrogen and oxygen atoms in total. The lowest BCUT2D eigenvalue weighted by molar-refractivity contribution is -0.385. The van der Waals surface area contributed by atoms with E-state index in [0.717, 1.165) is 22.9 Å². The van der Waals surface area contributed by atoms with Crippen LogP contribution in [-0.4, -0.2) is 38.3 Å². The lowest BCUT2D eigenvalue weighted by atomic mass is 9.94. The minimum absolute atomic E-state index is 0.140. The van der Waals surface area contributed by atoms with Crippen LogP contribution in [0.3, 0.4) is 0 Å². The van der Waals surface area contributed by atoms with Gasteiger partial charge in [-0.05, 0) is 34.9 Å². The van der Waals surface area contributed by atoms with Crippen molar-refractivity contribution in [2.75, 3.05) is 6.54 Å². The van der Waals surface area contributed by atoms with Gasteiger partial charge in [0.1, 0.15) is 5.76 Å². The molecule has 0 saturated carbocycles. The first kappa shape index (κ1) is 21.0. The Hall–Kier alpha value is -4.20. The number of nitro benzene ring substituents is 1. The summed E-state index contributed by atoms with van der Waals surface area (Å²) < 4.78 is 0. The van der Waals surface area contributed by atoms with Gasteiger partial charge < -0.3 is 15.1 Å². The fraction of sp³-hybridized carbons (Fsp3) is 0.167. The highest BCUT2D eigenvalue weighted by atomic mass is 16.6. The highest BCUT2D eigenvalue weighted by Gasteiger charge is 2.46. The summed E-state index contributed by atoms with van der Waals surface area (Å²) in [6, 6.07) is 15.4. The quantitative estimate of drug-likeness (QED) is 0.204. The van der Waals surface area contributed by atoms with Gasteiger partial charge in [-0.25, -0.2) is 0 Å². The molecular weight excluding hydrogens is 412 g/mol. The van der Waals surface area contributed by atoms with Crippen molar-refractivity contribution in [1.29, 1.82) is 0 Å². The molecule has 8 heteroatoms. The first-order chi connectivity index (χ1) is 15.3. The predicted molar refractivity (Wildman–Crippen MR) is 118 cm³/mol. The number of nitrogens with zero attached hydrogens (tertiary/aromatic N) is 2. The van der Waals surface area contributed by atoms with Gasteiger partial charge in [0, 0.05) is 18.2 Å². The summed E-state index contributed by atoms with van der Waals surface area (Å²) in [6.45, 7) is 2.05. The van der Waals surface area contributed by atoms with Crippen molar-refractivity contribution in [3.63, 3.8) is 0 Å². The number of nitro groups is 1. The van der Waals surface area contributed by atoms with Gasteiger partial charge in [0.25, 0.3) is 11.7 Å². The second-order valence-electron chi connectivity index (χ2n) is 7.56. The van der Waals surface area contributed by atoms with Crippen LogP contribution in [0.2, 0.25) is 0 Å². The van der Waals surface area contributed by atoms with Crippen molar-refractivity contribution in [3.8, 4) is 5.75 Å². The third-order valence-corrected chi connectivity index (χ3v) is 5.54. The van der Waals surface area contributed by atoms with Crippen LogP contribution in [0.4, 0.5) is 5.69 Å². The lowest BCUT2D eigenvalue weighted by Gasteiger charge is -2.24. The first-order valence-corrected chi connectivity index (χ1v) is 10.1. The summed E-state index contributed by atoms with van der Waals surface area (Å²) in [6.07, 6.45) is 0.541. The Morgan fingerprint density at radius 3 is 2.47 bits per heavy atom. The maximum Gasteiger partial charge on any atom is 0.311 e. The maximum atomic E-state index is 12.9. The Morgan fingerprint density at radius 2 is 1.78 bits per heavy atom. The number of carbonyl (C=O) groups is 2. The molecule has 1 unspecified atom stereocenters. The van der Waals surface area contributed by atoms with E-state index >= 15 is 0 Å². The number of hydrogen-bond donors (Lipinski definition) is 2. The van der Waals surface area contributed by atoms with Gasteiger partial charge in [-0.2, -0.15) is 0 Å². The van der Waals surface area contributed by atoms with Crippen molar-refractivity contribution in [2.24, 2.45) is 0 Å². The van der Waals surface area contributed by atoms with E-state index in [1.54, 1.807) is 18.2 Å². The van der Waals surface area contributed by atoms with Crippen molar-refractivity contribution >= 4 is 33.9 Å². The van der Waals surface area contributed by atoms with Gasteiger partial charge in [0.2, 0.25) is 0 Å². The number of fused-ring (bicyclic) bond motifs is 1. The van der Waals surface area contributed by atoms with Gasteiger partial charge in [-0.3, -0.25) is 19.7 Å². The van der Waals surface area contributed by atoms with Gasteiger partial charge in [-0.15, -0.1) is 0 Å². The van der Waals surface area contributed by atoms with Crippen LogP contribution in [0.15, 0.2) is 66.2 Å². The summed E-state index contributed by atoms with van der Waals surface area (Å²) in [5.41, 5.74) is -0.0741. The number of rotatable bonds is 5. The molecular formula is C24H20N2O6. The van der Waals surface area contributed by atoms with Crippen LogP contribution in [0.1, 0.15) is 30.5 Å². The fourth-order valence-corrected chi connectivity index (χ4v) is 4.05. The summed E-state index contributed by atoms with van der Waals surface area (Å²) in [4.78, 5) is 37.6. The molecule has 1 fully saturated rings. The molecule has 1 atom stereocenters. The molecule has 4 rings (SSSR count). The number of aromatic hydroxyl groups is 1. The van der Waals surface area contributed by atoms with E-state index < -0.39 is 34.1 Å². The first-order valence-electron chi connectivity index (χ1n) is 10.1. The predicted octanol–water partition coefficient (Wildman–Crippen LogP) is 4.29. The van der Waals surface area contributed by atoms with E-state index in [1.165, 1.54) is 11.0 Å². The molecule has 1 saturated heterocycles. The summed E-state index contributed by atoms with van der Waals surface area (Å²) in [5, 5.41) is 34.1. The van der Waals surface area contributed by atoms with E-state index in [9.17, 15) is 29.9 Å². The largest absolute Gasteiger partial charge is 0.507 e. The SMILES string of the molecule is CCCN1C(=O)C(=O)/C(=C(/O)c2ccc3ccccc3c2)C1c1ccc(O)c([N+](=O)[O-])c1. The minimum Gasteiger partial charge on any atom is -0.507 e. The number of amides is 1. The molecule has 0 aromatic heterocycles. The second kappa shape index (κ2) is 8.14. The molecule has 0 aliphatic carbocycles. The van der Waals surface area contributed by atoms with Crippen molar-refractivity contribution in [1.82, 2.24) is 4.90 Å². The van der Waals surface area contributed by atoms with Gasteiger partial charge in [0.05, 0.1) is 16.5 Å². The van der Waals surface area contributed by atoms with Crippen LogP contribution >= 0.6 is 0 Å². The third kappa shape index (κ3) is 3.45. The van der Waals surface area contributed by atoms with Crippen molar-refractivity contribution in [3.05, 3.63) is 87.5 Å². The van der Waals surface area contributed by atoms with E-state index in [4.69, 9.17) is 0 Å². The number of ketones is 1. The van der Waals surface area contributed by atoms with Gasteiger partial charge in [-0.1, -0.05) is 49.4 Å². The number of benzene rings is 3. The average molecular weight is 432 g/mol. The van der Waals surface area contributed by atoms with Crippen LogP contribution in [-0.2, 0) is 9.59 Å². The number of aliphatic hydroxyl groups excluding tert-OH is 1. The molecule has 1 aliphatic rings. The number of likely N-dealkylation sites (tertiary alicyclic amines) is 1. The van der Waals surface area contributed by atoms with E-state index in [0.29, 0.717) is 12.0 Å². The Morgan fingerprint density at radius 1 is 1.06 bits per heavy atom. The minimum atomic E-state index is -1.01. The summed E-state index contributed by atoms with van der Waals surface area (Å²) in [7, 11) is 0. The maximum absolute atomic E-state index is 12.9. The van der Waals surface area contributed by atoms with Crippen LogP contribution in [0, 0.1) is 10.1 Å². The smallest absolute Gasteiger partial charge is 0.311 e. The Labute approximate surface area is 183 Å². The van der Waals surface area contributed by atoms with Crippen LogP contribution < -0.4 is 0 Å². The molecule has 0 bridgehead atoms. The summed E-state index contributed by atoms with van der Waals surface area (Å²) in [5.74, 6) is -2.52. The van der Waals surface area contributed by atoms with Crippen molar-refractivity contribution in [2.45, 2.75) is 19.4 Å². The zero-order valence-corrected chi connectivity index (χ0v) is 17.2. The Balaban J connectivity index is 1.93. The molecule has 32 heavy (non-hydrogen) atoms. The van der Waals surface area contributed by atoms with E-state index in [-0.39, 0.29) is 23.4 Å². The Kier molecular flexibility index (Phi) is 5.36. The molecule has 1 heterocycles. The normalized spacial score (nSPS) is 17.8. The molecule has 1 amide bonds. The number of carbonyl (C=O) groups excluding carboxylic acids is 2. The zero-order chi connectivity index (χ0) is 23.0. The Bertz CT molecular complexity index is 1300. The second-order valence-corrected chi connectivity index (χ2v) is 7.56. The molecule has 2 N–H and O–H groups in total. The van der Waals surface area contributed by atoms with E-state index in [1.807, 2.05) is 31.2 Å². The van der Waals surface area contributed by atoms with Gasteiger partial charge >= 0.3 is 5.69 Å². The van der Waals surface area contributed by atoms with Gasteiger partial charge in [0.15, 0.2) is 5.75 Å². The number of Topliss-reactive ketones (excluding diaryl/α,β-unsaturated/α-hetero) is 1. The molecule has 0 spiro atoms. The molecule has 0 radical (unpaired) electrons. The average Bonchev–Trinajstić information content (AvgIpc) is 3.03. The highest BCUT2D eigenvalue weighted by molar-refractivity contribution is 6.46. The highest BCUT2D eigenvalue weighted by Crippen LogP contribution is 2.41. The monoisotopic (exact) mass is 432 g/mol. The molecule has 1 aliphatic heterocycles. The number of phenolic OH excluding ortho intramolecular Hbond substituents is 1. The fourth-order valence-electron chi connectivity index (χ4n) is 4.05. The van der Waals surface area contributed by atoms with E-state index in [2.05, 4.69) is 0 Å². The topological polar surface area (TPSA) is 121 Å². The molecule has 3 aromatic carbocycles. The zero-order valence-electron chi connectivity index (χ0n) is 17.2. The van der Waals surface area contributed by atoms with Crippen molar-refractivity contribution < 1.29 is 24.7 Å². The number of phenols is 1. The lowest BCUT2D eigenvalue weighted by Crippen LogP contribution is -2.30. The van der Waals surface area contributed by atoms with Crippen LogP contribution in [0.25, 0.3) is 16.5 Å². The third-order valence-electron chi connectivity index (χ3n) is 5.54. The summed E-state index contributed by atoms with van der Waals surface area (Å²) >= 11 is 0.